The Kier molecular flexibility index (Phi) is 2.79. The van der Waals surface area contributed by atoms with Crippen molar-refractivity contribution >= 4 is 11.9 Å². The predicted octanol–water partition coefficient (Wildman–Crippen LogP) is 1.26. The second-order valence-corrected chi connectivity index (χ2v) is 4.58. The predicted molar refractivity (Wildman–Crippen MR) is 50.0 cm³/mol. The van der Waals surface area contributed by atoms with Gasteiger partial charge in [-0.15, -0.1) is 0 Å². The van der Waals surface area contributed by atoms with E-state index >= 15 is 0 Å². The van der Waals surface area contributed by atoms with E-state index in [4.69, 9.17) is 5.11 Å². The van der Waals surface area contributed by atoms with Gasteiger partial charge < -0.3 is 10.0 Å². The molecule has 0 saturated carbocycles. The van der Waals surface area contributed by atoms with Crippen molar-refractivity contribution in [3.8, 4) is 0 Å². The normalized spacial score (nSPS) is 33.7. The minimum absolute atomic E-state index is 0.0919. The average Bonchev–Trinajstić information content (AvgIpc) is 2.55. The van der Waals surface area contributed by atoms with Crippen molar-refractivity contribution in [3.05, 3.63) is 0 Å². The fourth-order valence-corrected chi connectivity index (χ4v) is 2.67. The van der Waals surface area contributed by atoms with E-state index in [1.807, 2.05) is 0 Å². The van der Waals surface area contributed by atoms with Crippen LogP contribution in [0.5, 0.6) is 0 Å². The number of carbonyl (C=O) groups excluding carboxylic acids is 1. The van der Waals surface area contributed by atoms with Gasteiger partial charge in [0.2, 0.25) is 5.91 Å². The van der Waals surface area contributed by atoms with E-state index < -0.39 is 42.4 Å². The summed E-state index contributed by atoms with van der Waals surface area (Å²) in [7, 11) is 0. The summed E-state index contributed by atoms with van der Waals surface area (Å²) < 4.78 is 38.0. The number of hydrogen-bond donors (Lipinski definition) is 1. The van der Waals surface area contributed by atoms with Crippen LogP contribution in [-0.2, 0) is 9.59 Å². The van der Waals surface area contributed by atoms with Gasteiger partial charge in [0.15, 0.2) is 0 Å². The van der Waals surface area contributed by atoms with E-state index in [1.54, 1.807) is 0 Å². The first-order valence-electron chi connectivity index (χ1n) is 5.39. The van der Waals surface area contributed by atoms with Gasteiger partial charge in [0, 0.05) is 19.0 Å². The van der Waals surface area contributed by atoms with Gasteiger partial charge in [-0.1, -0.05) is 0 Å². The summed E-state index contributed by atoms with van der Waals surface area (Å²) in [6.07, 6.45) is -4.60. The number of amides is 1. The molecule has 17 heavy (non-hydrogen) atoms. The molecular formula is C10H12F3NO3. The van der Waals surface area contributed by atoms with Crippen molar-refractivity contribution in [2.45, 2.75) is 31.5 Å². The summed E-state index contributed by atoms with van der Waals surface area (Å²) in [5.74, 6) is -4.00. The highest BCUT2D eigenvalue weighted by molar-refractivity contribution is 5.81. The lowest BCUT2D eigenvalue weighted by molar-refractivity contribution is -0.183. The van der Waals surface area contributed by atoms with E-state index in [-0.39, 0.29) is 19.4 Å². The second kappa shape index (κ2) is 3.89. The Morgan fingerprint density at radius 1 is 1.35 bits per heavy atom. The molecule has 0 aromatic rings. The van der Waals surface area contributed by atoms with Gasteiger partial charge in [0.25, 0.3) is 0 Å². The average molecular weight is 251 g/mol. The lowest BCUT2D eigenvalue weighted by Gasteiger charge is -2.35. The molecule has 0 bridgehead atoms. The number of fused-ring (bicyclic) bond motifs is 1. The van der Waals surface area contributed by atoms with Crippen LogP contribution in [0.1, 0.15) is 19.3 Å². The third-order valence-corrected chi connectivity index (χ3v) is 3.58. The van der Waals surface area contributed by atoms with E-state index in [2.05, 4.69) is 0 Å². The number of hydrogen-bond acceptors (Lipinski definition) is 2. The minimum atomic E-state index is -4.38. The number of carbonyl (C=O) groups is 2. The molecule has 7 heteroatoms. The molecule has 2 rings (SSSR count). The number of rotatable bonds is 1. The van der Waals surface area contributed by atoms with Crippen molar-refractivity contribution in [1.29, 1.82) is 0 Å². The fourth-order valence-electron chi connectivity index (χ4n) is 2.67. The number of carboxylic acid groups (broad SMARTS) is 1. The molecule has 0 aliphatic carbocycles. The summed E-state index contributed by atoms with van der Waals surface area (Å²) >= 11 is 0. The maximum absolute atomic E-state index is 12.7. The first-order chi connectivity index (χ1) is 7.80. The summed E-state index contributed by atoms with van der Waals surface area (Å²) in [6.45, 7) is -0.0919. The number of aliphatic carboxylic acids is 1. The fraction of sp³-hybridized carbons (Fsp3) is 0.800. The smallest absolute Gasteiger partial charge is 0.394 e. The van der Waals surface area contributed by atoms with Crippen LogP contribution in [0.4, 0.5) is 13.2 Å². The summed E-state index contributed by atoms with van der Waals surface area (Å²) in [4.78, 5) is 23.3. The van der Waals surface area contributed by atoms with Crippen LogP contribution < -0.4 is 0 Å². The molecule has 2 saturated heterocycles. The lowest BCUT2D eigenvalue weighted by atomic mass is 9.88. The zero-order valence-corrected chi connectivity index (χ0v) is 8.91. The summed E-state index contributed by atoms with van der Waals surface area (Å²) in [5, 5.41) is 8.81. The molecule has 1 amide bonds. The van der Waals surface area contributed by atoms with Crippen LogP contribution in [0.2, 0.25) is 0 Å². The third kappa shape index (κ3) is 2.10. The van der Waals surface area contributed by atoms with Gasteiger partial charge in [-0.3, -0.25) is 9.59 Å². The molecule has 2 fully saturated rings. The van der Waals surface area contributed by atoms with E-state index in [1.165, 1.54) is 0 Å². The van der Waals surface area contributed by atoms with Gasteiger partial charge >= 0.3 is 12.1 Å². The molecule has 0 radical (unpaired) electrons. The molecule has 2 heterocycles. The van der Waals surface area contributed by atoms with Gasteiger partial charge in [0.05, 0.1) is 11.8 Å². The van der Waals surface area contributed by atoms with Crippen molar-refractivity contribution < 1.29 is 27.9 Å². The molecule has 96 valence electrons. The van der Waals surface area contributed by atoms with Crippen molar-refractivity contribution in [3.63, 3.8) is 0 Å². The Balaban J connectivity index is 2.15. The molecule has 1 N–H and O–H groups in total. The largest absolute Gasteiger partial charge is 0.481 e. The maximum atomic E-state index is 12.7. The Morgan fingerprint density at radius 3 is 2.53 bits per heavy atom. The monoisotopic (exact) mass is 251 g/mol. The number of nitrogens with zero attached hydrogens (tertiary/aromatic N) is 1. The van der Waals surface area contributed by atoms with Crippen molar-refractivity contribution in [1.82, 2.24) is 4.90 Å². The Hall–Kier alpha value is -1.27. The number of piperidine rings is 1. The van der Waals surface area contributed by atoms with Gasteiger partial charge in [0.1, 0.15) is 0 Å². The van der Waals surface area contributed by atoms with Gasteiger partial charge in [-0.2, -0.15) is 13.2 Å². The summed E-state index contributed by atoms with van der Waals surface area (Å²) in [6, 6.07) is -0.863. The SMILES string of the molecule is O=C(O)C1CCC2[C@@H](C(F)(F)F)CC(=O)N2C1. The Bertz CT molecular complexity index is 355. The van der Waals surface area contributed by atoms with Crippen LogP contribution in [0, 0.1) is 11.8 Å². The van der Waals surface area contributed by atoms with Gasteiger partial charge in [-0.25, -0.2) is 0 Å². The van der Waals surface area contributed by atoms with Crippen LogP contribution in [0.15, 0.2) is 0 Å². The Morgan fingerprint density at radius 2 is 2.00 bits per heavy atom. The first-order valence-corrected chi connectivity index (χ1v) is 5.39. The van der Waals surface area contributed by atoms with Crippen LogP contribution in [-0.4, -0.2) is 40.6 Å². The van der Waals surface area contributed by atoms with Gasteiger partial charge in [-0.05, 0) is 12.8 Å². The second-order valence-electron chi connectivity index (χ2n) is 4.58. The molecule has 0 spiro atoms. The molecule has 4 nitrogen and oxygen atoms in total. The highest BCUT2D eigenvalue weighted by atomic mass is 19.4. The van der Waals surface area contributed by atoms with Crippen LogP contribution in [0.25, 0.3) is 0 Å². The standard InChI is InChI=1S/C10H12F3NO3/c11-10(12,13)6-3-8(15)14-4-5(9(16)17)1-2-7(6)14/h5-7H,1-4H2,(H,16,17)/t5?,6-,7?/m0/s1. The minimum Gasteiger partial charge on any atom is -0.481 e. The van der Waals surface area contributed by atoms with E-state index in [0.29, 0.717) is 0 Å². The molecule has 2 aliphatic heterocycles. The number of carboxylic acids is 1. The number of halogens is 3. The van der Waals surface area contributed by atoms with Crippen molar-refractivity contribution in [2.75, 3.05) is 6.54 Å². The van der Waals surface area contributed by atoms with E-state index in [9.17, 15) is 22.8 Å². The molecular weight excluding hydrogens is 239 g/mol. The zero-order valence-electron chi connectivity index (χ0n) is 8.91. The molecule has 0 aromatic carbocycles. The summed E-state index contributed by atoms with van der Waals surface area (Å²) in [5.41, 5.74) is 0. The third-order valence-electron chi connectivity index (χ3n) is 3.58. The molecule has 2 unspecified atom stereocenters. The van der Waals surface area contributed by atoms with Crippen LogP contribution in [0.3, 0.4) is 0 Å². The maximum Gasteiger partial charge on any atom is 0.394 e. The first kappa shape index (κ1) is 12.2. The van der Waals surface area contributed by atoms with Crippen molar-refractivity contribution in [2.24, 2.45) is 11.8 Å². The van der Waals surface area contributed by atoms with Crippen LogP contribution >= 0.6 is 0 Å². The highest BCUT2D eigenvalue weighted by Gasteiger charge is 2.55. The highest BCUT2D eigenvalue weighted by Crippen LogP contribution is 2.43. The molecule has 2 aliphatic rings. The van der Waals surface area contributed by atoms with E-state index in [0.717, 1.165) is 4.90 Å². The topological polar surface area (TPSA) is 57.6 Å². The molecule has 0 aromatic heterocycles. The number of alkyl halides is 3. The lowest BCUT2D eigenvalue weighted by Crippen LogP contribution is -2.47. The Labute approximate surface area is 95.4 Å². The quantitative estimate of drug-likeness (QED) is 0.763. The zero-order chi connectivity index (χ0) is 12.8. The molecule has 3 atom stereocenters.